The lowest BCUT2D eigenvalue weighted by Crippen LogP contribution is -2.56. The molecule has 2 aliphatic rings. The number of nitrogens with zero attached hydrogens (tertiary/aromatic N) is 1. The Labute approximate surface area is 85.0 Å². The van der Waals surface area contributed by atoms with Gasteiger partial charge in [0.1, 0.15) is 0 Å². The van der Waals surface area contributed by atoms with E-state index in [0.717, 1.165) is 26.2 Å². The molecule has 2 rings (SSSR count). The summed E-state index contributed by atoms with van der Waals surface area (Å²) in [7, 11) is 0. The Morgan fingerprint density at radius 2 is 2.36 bits per heavy atom. The lowest BCUT2D eigenvalue weighted by molar-refractivity contribution is -0.128. The summed E-state index contributed by atoms with van der Waals surface area (Å²) < 4.78 is 0. The van der Waals surface area contributed by atoms with E-state index in [0.29, 0.717) is 6.04 Å². The summed E-state index contributed by atoms with van der Waals surface area (Å²) >= 11 is 0. The number of nitrogens with one attached hydrogen (secondary N) is 2. The van der Waals surface area contributed by atoms with E-state index in [4.69, 9.17) is 0 Å². The molecule has 2 saturated heterocycles. The van der Waals surface area contributed by atoms with E-state index in [1.54, 1.807) is 0 Å². The van der Waals surface area contributed by atoms with Crippen LogP contribution in [0.2, 0.25) is 0 Å². The highest BCUT2D eigenvalue weighted by atomic mass is 16.2. The van der Waals surface area contributed by atoms with Crippen molar-refractivity contribution in [3.8, 4) is 0 Å². The Balaban J connectivity index is 1.86. The van der Waals surface area contributed by atoms with Gasteiger partial charge >= 0.3 is 0 Å². The van der Waals surface area contributed by atoms with Crippen molar-refractivity contribution in [3.05, 3.63) is 0 Å². The molecule has 2 atom stereocenters. The lowest BCUT2D eigenvalue weighted by Gasteiger charge is -2.34. The SMILES string of the molecule is CC1C(=O)NCCN1C[C@@H]1CCCN1. The van der Waals surface area contributed by atoms with Gasteiger partial charge in [0, 0.05) is 25.7 Å². The first-order chi connectivity index (χ1) is 6.77. The minimum absolute atomic E-state index is 0.0474. The van der Waals surface area contributed by atoms with Crippen molar-refractivity contribution < 1.29 is 4.79 Å². The smallest absolute Gasteiger partial charge is 0.237 e. The number of piperazine rings is 1. The predicted molar refractivity (Wildman–Crippen MR) is 55.1 cm³/mol. The maximum Gasteiger partial charge on any atom is 0.237 e. The zero-order valence-electron chi connectivity index (χ0n) is 8.75. The van der Waals surface area contributed by atoms with Crippen LogP contribution in [0.1, 0.15) is 19.8 Å². The zero-order chi connectivity index (χ0) is 9.97. The molecule has 2 fully saturated rings. The van der Waals surface area contributed by atoms with Crippen LogP contribution in [-0.2, 0) is 4.79 Å². The maximum atomic E-state index is 11.4. The average Bonchev–Trinajstić information content (AvgIpc) is 2.66. The molecule has 2 N–H and O–H groups in total. The number of carbonyl (C=O) groups excluding carboxylic acids is 1. The van der Waals surface area contributed by atoms with Crippen LogP contribution in [0.25, 0.3) is 0 Å². The van der Waals surface area contributed by atoms with Gasteiger partial charge in [0.2, 0.25) is 5.91 Å². The molecule has 0 aromatic rings. The predicted octanol–water partition coefficient (Wildman–Crippen LogP) is -0.441. The molecule has 4 heteroatoms. The van der Waals surface area contributed by atoms with Gasteiger partial charge < -0.3 is 10.6 Å². The van der Waals surface area contributed by atoms with Gasteiger partial charge in [-0.3, -0.25) is 9.69 Å². The molecule has 1 unspecified atom stereocenters. The summed E-state index contributed by atoms with van der Waals surface area (Å²) in [5, 5.41) is 6.35. The van der Waals surface area contributed by atoms with Gasteiger partial charge in [-0.2, -0.15) is 0 Å². The number of rotatable bonds is 2. The Bertz CT molecular complexity index is 213. The summed E-state index contributed by atoms with van der Waals surface area (Å²) in [6.07, 6.45) is 2.53. The summed E-state index contributed by atoms with van der Waals surface area (Å²) in [6.45, 7) is 5.94. The quantitative estimate of drug-likeness (QED) is 0.631. The highest BCUT2D eigenvalue weighted by Gasteiger charge is 2.27. The van der Waals surface area contributed by atoms with E-state index in [1.165, 1.54) is 12.8 Å². The molecular formula is C10H19N3O. The van der Waals surface area contributed by atoms with Crippen LogP contribution in [0.3, 0.4) is 0 Å². The summed E-state index contributed by atoms with van der Waals surface area (Å²) in [4.78, 5) is 13.7. The van der Waals surface area contributed by atoms with E-state index in [1.807, 2.05) is 6.92 Å². The second-order valence-electron chi connectivity index (χ2n) is 4.26. The van der Waals surface area contributed by atoms with E-state index in [-0.39, 0.29) is 11.9 Å². The van der Waals surface area contributed by atoms with Crippen molar-refractivity contribution in [3.63, 3.8) is 0 Å². The third-order valence-corrected chi connectivity index (χ3v) is 3.24. The van der Waals surface area contributed by atoms with E-state index >= 15 is 0 Å². The Morgan fingerprint density at radius 3 is 3.07 bits per heavy atom. The van der Waals surface area contributed by atoms with Crippen molar-refractivity contribution in [1.29, 1.82) is 0 Å². The molecule has 4 nitrogen and oxygen atoms in total. The van der Waals surface area contributed by atoms with Crippen LogP contribution in [0.5, 0.6) is 0 Å². The molecular weight excluding hydrogens is 178 g/mol. The molecule has 2 heterocycles. The lowest BCUT2D eigenvalue weighted by atomic mass is 10.1. The molecule has 0 bridgehead atoms. The Morgan fingerprint density at radius 1 is 1.50 bits per heavy atom. The van der Waals surface area contributed by atoms with Crippen molar-refractivity contribution in [2.45, 2.75) is 31.8 Å². The number of carbonyl (C=O) groups is 1. The van der Waals surface area contributed by atoms with Crippen LogP contribution < -0.4 is 10.6 Å². The van der Waals surface area contributed by atoms with Crippen molar-refractivity contribution in [1.82, 2.24) is 15.5 Å². The normalized spacial score (nSPS) is 34.5. The highest BCUT2D eigenvalue weighted by molar-refractivity contribution is 5.81. The van der Waals surface area contributed by atoms with Gasteiger partial charge in [-0.25, -0.2) is 0 Å². The fourth-order valence-electron chi connectivity index (χ4n) is 2.27. The van der Waals surface area contributed by atoms with Crippen LogP contribution in [0.4, 0.5) is 0 Å². The third kappa shape index (κ3) is 2.07. The number of amides is 1. The first kappa shape index (κ1) is 9.93. The molecule has 0 aromatic carbocycles. The van der Waals surface area contributed by atoms with Gasteiger partial charge in [0.05, 0.1) is 6.04 Å². The molecule has 0 saturated carbocycles. The molecule has 2 aliphatic heterocycles. The summed E-state index contributed by atoms with van der Waals surface area (Å²) in [5.74, 6) is 0.175. The Hall–Kier alpha value is -0.610. The van der Waals surface area contributed by atoms with E-state index < -0.39 is 0 Å². The van der Waals surface area contributed by atoms with Crippen molar-refractivity contribution in [2.75, 3.05) is 26.2 Å². The first-order valence-corrected chi connectivity index (χ1v) is 5.52. The largest absolute Gasteiger partial charge is 0.353 e. The number of hydrogen-bond acceptors (Lipinski definition) is 3. The Kier molecular flexibility index (Phi) is 3.03. The molecule has 1 amide bonds. The minimum Gasteiger partial charge on any atom is -0.353 e. The van der Waals surface area contributed by atoms with Crippen LogP contribution in [0, 0.1) is 0 Å². The molecule has 0 spiro atoms. The number of hydrogen-bond donors (Lipinski definition) is 2. The fraction of sp³-hybridized carbons (Fsp3) is 0.900. The molecule has 0 radical (unpaired) electrons. The first-order valence-electron chi connectivity index (χ1n) is 5.52. The minimum atomic E-state index is 0.0474. The van der Waals surface area contributed by atoms with Gasteiger partial charge in [-0.05, 0) is 26.3 Å². The van der Waals surface area contributed by atoms with E-state index in [9.17, 15) is 4.79 Å². The molecule has 0 aliphatic carbocycles. The summed E-state index contributed by atoms with van der Waals surface area (Å²) in [5.41, 5.74) is 0. The van der Waals surface area contributed by atoms with Crippen molar-refractivity contribution >= 4 is 5.91 Å². The van der Waals surface area contributed by atoms with E-state index in [2.05, 4.69) is 15.5 Å². The zero-order valence-corrected chi connectivity index (χ0v) is 8.75. The van der Waals surface area contributed by atoms with Crippen LogP contribution in [-0.4, -0.2) is 49.1 Å². The van der Waals surface area contributed by atoms with Crippen molar-refractivity contribution in [2.24, 2.45) is 0 Å². The molecule has 0 aromatic heterocycles. The van der Waals surface area contributed by atoms with Gasteiger partial charge in [-0.1, -0.05) is 0 Å². The maximum absolute atomic E-state index is 11.4. The van der Waals surface area contributed by atoms with Crippen LogP contribution in [0.15, 0.2) is 0 Å². The second kappa shape index (κ2) is 4.28. The topological polar surface area (TPSA) is 44.4 Å². The molecule has 80 valence electrons. The average molecular weight is 197 g/mol. The summed E-state index contributed by atoms with van der Waals surface area (Å²) in [6, 6.07) is 0.648. The standard InChI is InChI=1S/C10H19N3O/c1-8-10(14)12-5-6-13(8)7-9-3-2-4-11-9/h8-9,11H,2-7H2,1H3,(H,12,14)/t8?,9-/m0/s1. The van der Waals surface area contributed by atoms with Gasteiger partial charge in [-0.15, -0.1) is 0 Å². The third-order valence-electron chi connectivity index (χ3n) is 3.24. The van der Waals surface area contributed by atoms with Gasteiger partial charge in [0.25, 0.3) is 0 Å². The monoisotopic (exact) mass is 197 g/mol. The highest BCUT2D eigenvalue weighted by Crippen LogP contribution is 2.10. The molecule has 14 heavy (non-hydrogen) atoms. The van der Waals surface area contributed by atoms with Gasteiger partial charge in [0.15, 0.2) is 0 Å². The fourth-order valence-corrected chi connectivity index (χ4v) is 2.27. The van der Waals surface area contributed by atoms with Crippen LogP contribution >= 0.6 is 0 Å². The second-order valence-corrected chi connectivity index (χ2v) is 4.26.